The molecular formula is C14H29N3O. The smallest absolute Gasteiger partial charge is 0.222 e. The van der Waals surface area contributed by atoms with Crippen molar-refractivity contribution in [2.75, 3.05) is 34.2 Å². The second-order valence-electron chi connectivity index (χ2n) is 6.10. The summed E-state index contributed by atoms with van der Waals surface area (Å²) in [5.74, 6) is 0.692. The van der Waals surface area contributed by atoms with Crippen molar-refractivity contribution in [1.29, 1.82) is 0 Å². The molecule has 0 aliphatic heterocycles. The molecule has 4 nitrogen and oxygen atoms in total. The topological polar surface area (TPSA) is 49.6 Å². The Kier molecular flexibility index (Phi) is 5.60. The number of hydrogen-bond acceptors (Lipinski definition) is 3. The van der Waals surface area contributed by atoms with Crippen molar-refractivity contribution in [2.45, 2.75) is 44.6 Å². The molecule has 0 aromatic carbocycles. The van der Waals surface area contributed by atoms with Gasteiger partial charge in [-0.3, -0.25) is 4.79 Å². The zero-order valence-electron chi connectivity index (χ0n) is 12.4. The van der Waals surface area contributed by atoms with Crippen LogP contribution in [0.5, 0.6) is 0 Å². The van der Waals surface area contributed by atoms with Crippen LogP contribution in [0, 0.1) is 5.92 Å². The predicted molar refractivity (Wildman–Crippen MR) is 75.4 cm³/mol. The second-order valence-corrected chi connectivity index (χ2v) is 6.10. The van der Waals surface area contributed by atoms with Crippen molar-refractivity contribution in [1.82, 2.24) is 9.80 Å². The summed E-state index contributed by atoms with van der Waals surface area (Å²) in [6.07, 6.45) is 5.21. The molecule has 1 unspecified atom stereocenters. The molecule has 1 aliphatic rings. The third-order valence-electron chi connectivity index (χ3n) is 4.44. The van der Waals surface area contributed by atoms with Crippen LogP contribution in [0.3, 0.4) is 0 Å². The summed E-state index contributed by atoms with van der Waals surface area (Å²) < 4.78 is 0. The summed E-state index contributed by atoms with van der Waals surface area (Å²) >= 11 is 0. The van der Waals surface area contributed by atoms with Crippen LogP contribution in [-0.4, -0.2) is 55.5 Å². The SMILES string of the molecule is CC(CN)CCC(=O)N(C)CC1(N(C)C)CCC1. The van der Waals surface area contributed by atoms with Gasteiger partial charge in [0, 0.05) is 25.6 Å². The molecule has 1 amide bonds. The Morgan fingerprint density at radius 3 is 2.33 bits per heavy atom. The van der Waals surface area contributed by atoms with E-state index in [2.05, 4.69) is 25.9 Å². The quantitative estimate of drug-likeness (QED) is 0.746. The van der Waals surface area contributed by atoms with Gasteiger partial charge in [-0.15, -0.1) is 0 Å². The summed E-state index contributed by atoms with van der Waals surface area (Å²) in [4.78, 5) is 16.3. The molecule has 4 heteroatoms. The first-order chi connectivity index (χ1) is 8.41. The zero-order chi connectivity index (χ0) is 13.8. The van der Waals surface area contributed by atoms with E-state index in [9.17, 15) is 4.79 Å². The summed E-state index contributed by atoms with van der Waals surface area (Å²) in [6.45, 7) is 3.62. The number of carbonyl (C=O) groups excluding carboxylic acids is 1. The fourth-order valence-electron chi connectivity index (χ4n) is 2.54. The average molecular weight is 255 g/mol. The van der Waals surface area contributed by atoms with Gasteiger partial charge in [-0.1, -0.05) is 6.92 Å². The number of nitrogens with two attached hydrogens (primary N) is 1. The molecule has 0 aromatic heterocycles. The van der Waals surface area contributed by atoms with Crippen LogP contribution in [0.4, 0.5) is 0 Å². The Bertz CT molecular complexity index is 274. The molecular weight excluding hydrogens is 226 g/mol. The largest absolute Gasteiger partial charge is 0.344 e. The van der Waals surface area contributed by atoms with Gasteiger partial charge in [0.05, 0.1) is 0 Å². The molecule has 106 valence electrons. The molecule has 2 N–H and O–H groups in total. The molecule has 1 aliphatic carbocycles. The molecule has 18 heavy (non-hydrogen) atoms. The molecule has 0 aromatic rings. The summed E-state index contributed by atoms with van der Waals surface area (Å²) in [5, 5.41) is 0. The summed E-state index contributed by atoms with van der Waals surface area (Å²) in [5.41, 5.74) is 5.80. The van der Waals surface area contributed by atoms with Gasteiger partial charge in [-0.05, 0) is 52.2 Å². The van der Waals surface area contributed by atoms with Gasteiger partial charge in [0.15, 0.2) is 0 Å². The van der Waals surface area contributed by atoms with E-state index in [0.717, 1.165) is 13.0 Å². The third kappa shape index (κ3) is 3.69. The van der Waals surface area contributed by atoms with Gasteiger partial charge < -0.3 is 15.5 Å². The van der Waals surface area contributed by atoms with E-state index in [1.807, 2.05) is 11.9 Å². The number of amides is 1. The van der Waals surface area contributed by atoms with Crippen LogP contribution < -0.4 is 5.73 Å². The molecule has 1 saturated carbocycles. The van der Waals surface area contributed by atoms with Crippen molar-refractivity contribution in [3.63, 3.8) is 0 Å². The van der Waals surface area contributed by atoms with E-state index in [0.29, 0.717) is 18.9 Å². The van der Waals surface area contributed by atoms with Crippen LogP contribution in [0.1, 0.15) is 39.0 Å². The van der Waals surface area contributed by atoms with Crippen LogP contribution in [0.2, 0.25) is 0 Å². The highest BCUT2D eigenvalue weighted by molar-refractivity contribution is 5.76. The summed E-state index contributed by atoms with van der Waals surface area (Å²) in [6, 6.07) is 0. The maximum absolute atomic E-state index is 12.1. The van der Waals surface area contributed by atoms with Gasteiger partial charge in [0.2, 0.25) is 5.91 Å². The third-order valence-corrected chi connectivity index (χ3v) is 4.44. The molecule has 0 bridgehead atoms. The molecule has 0 spiro atoms. The van der Waals surface area contributed by atoms with E-state index in [-0.39, 0.29) is 11.4 Å². The van der Waals surface area contributed by atoms with Crippen LogP contribution >= 0.6 is 0 Å². The van der Waals surface area contributed by atoms with E-state index in [4.69, 9.17) is 5.73 Å². The second kappa shape index (κ2) is 6.53. The maximum atomic E-state index is 12.1. The number of nitrogens with zero attached hydrogens (tertiary/aromatic N) is 2. The van der Waals surface area contributed by atoms with Gasteiger partial charge in [-0.2, -0.15) is 0 Å². The predicted octanol–water partition coefficient (Wildman–Crippen LogP) is 1.30. The van der Waals surface area contributed by atoms with E-state index < -0.39 is 0 Å². The Balaban J connectivity index is 2.39. The van der Waals surface area contributed by atoms with Crippen molar-refractivity contribution in [2.24, 2.45) is 11.7 Å². The Morgan fingerprint density at radius 2 is 1.94 bits per heavy atom. The first kappa shape index (κ1) is 15.4. The highest BCUT2D eigenvalue weighted by Gasteiger charge is 2.40. The van der Waals surface area contributed by atoms with Crippen LogP contribution in [0.15, 0.2) is 0 Å². The average Bonchev–Trinajstić information content (AvgIpc) is 2.29. The van der Waals surface area contributed by atoms with Gasteiger partial charge in [0.25, 0.3) is 0 Å². The molecule has 1 rings (SSSR count). The number of likely N-dealkylation sites (N-methyl/N-ethyl adjacent to an activating group) is 2. The highest BCUT2D eigenvalue weighted by atomic mass is 16.2. The monoisotopic (exact) mass is 255 g/mol. The zero-order valence-corrected chi connectivity index (χ0v) is 12.4. The van der Waals surface area contributed by atoms with Crippen molar-refractivity contribution in [3.05, 3.63) is 0 Å². The normalized spacial score (nSPS) is 19.4. The minimum atomic E-state index is 0.226. The number of rotatable bonds is 7. The Labute approximate surface area is 111 Å². The lowest BCUT2D eigenvalue weighted by molar-refractivity contribution is -0.133. The fourth-order valence-corrected chi connectivity index (χ4v) is 2.54. The lowest BCUT2D eigenvalue weighted by Crippen LogP contribution is -2.57. The number of hydrogen-bond donors (Lipinski definition) is 1. The van der Waals surface area contributed by atoms with Crippen LogP contribution in [0.25, 0.3) is 0 Å². The van der Waals surface area contributed by atoms with E-state index in [1.165, 1.54) is 19.3 Å². The van der Waals surface area contributed by atoms with Crippen molar-refractivity contribution in [3.8, 4) is 0 Å². The van der Waals surface area contributed by atoms with Gasteiger partial charge >= 0.3 is 0 Å². The first-order valence-electron chi connectivity index (χ1n) is 7.03. The fraction of sp³-hybridized carbons (Fsp3) is 0.929. The van der Waals surface area contributed by atoms with Gasteiger partial charge in [-0.25, -0.2) is 0 Å². The minimum absolute atomic E-state index is 0.226. The first-order valence-corrected chi connectivity index (χ1v) is 7.03. The molecule has 1 fully saturated rings. The Hall–Kier alpha value is -0.610. The maximum Gasteiger partial charge on any atom is 0.222 e. The van der Waals surface area contributed by atoms with E-state index in [1.54, 1.807) is 0 Å². The number of carbonyl (C=O) groups is 1. The Morgan fingerprint density at radius 1 is 1.33 bits per heavy atom. The van der Waals surface area contributed by atoms with Gasteiger partial charge in [0.1, 0.15) is 0 Å². The standard InChI is InChI=1S/C14H29N3O/c1-12(10-15)6-7-13(18)17(4)11-14(16(2)3)8-5-9-14/h12H,5-11,15H2,1-4H3. The molecule has 0 saturated heterocycles. The van der Waals surface area contributed by atoms with Crippen molar-refractivity contribution >= 4 is 5.91 Å². The lowest BCUT2D eigenvalue weighted by atomic mass is 9.75. The van der Waals surface area contributed by atoms with E-state index >= 15 is 0 Å². The minimum Gasteiger partial charge on any atom is -0.344 e. The lowest BCUT2D eigenvalue weighted by Gasteiger charge is -2.49. The molecule has 0 heterocycles. The van der Waals surface area contributed by atoms with Crippen molar-refractivity contribution < 1.29 is 4.79 Å². The summed E-state index contributed by atoms with van der Waals surface area (Å²) in [7, 11) is 6.17. The van der Waals surface area contributed by atoms with Crippen LogP contribution in [-0.2, 0) is 4.79 Å². The highest BCUT2D eigenvalue weighted by Crippen LogP contribution is 2.36. The molecule has 1 atom stereocenters. The molecule has 0 radical (unpaired) electrons.